The summed E-state index contributed by atoms with van der Waals surface area (Å²) < 4.78 is 0. The Morgan fingerprint density at radius 1 is 1.33 bits per heavy atom. The Balaban J connectivity index is 2.35. The van der Waals surface area contributed by atoms with Crippen LogP contribution >= 0.6 is 0 Å². The number of pyridine rings is 1. The average molecular weight is 250 g/mol. The van der Waals surface area contributed by atoms with Gasteiger partial charge in [-0.2, -0.15) is 0 Å². The second kappa shape index (κ2) is 7.79. The highest BCUT2D eigenvalue weighted by atomic mass is 16.2. The van der Waals surface area contributed by atoms with Gasteiger partial charge >= 0.3 is 0 Å². The van der Waals surface area contributed by atoms with E-state index in [1.54, 1.807) is 17.3 Å². The van der Waals surface area contributed by atoms with Crippen LogP contribution in [0.15, 0.2) is 24.5 Å². The van der Waals surface area contributed by atoms with Crippen LogP contribution in [0.2, 0.25) is 0 Å². The lowest BCUT2D eigenvalue weighted by molar-refractivity contribution is -0.130. The van der Waals surface area contributed by atoms with Crippen molar-refractivity contribution in [3.63, 3.8) is 0 Å². The van der Waals surface area contributed by atoms with E-state index in [1.807, 2.05) is 31.1 Å². The quantitative estimate of drug-likeness (QED) is 0.757. The summed E-state index contributed by atoms with van der Waals surface area (Å²) in [5, 5.41) is 0. The molecule has 0 saturated heterocycles. The van der Waals surface area contributed by atoms with Gasteiger partial charge in [0.05, 0.1) is 6.54 Å². The minimum Gasteiger partial charge on any atom is -0.345 e. The molecule has 0 radical (unpaired) electrons. The highest BCUT2D eigenvalue weighted by molar-refractivity contribution is 5.77. The van der Waals surface area contributed by atoms with Crippen molar-refractivity contribution in [3.8, 4) is 0 Å². The van der Waals surface area contributed by atoms with Crippen LogP contribution in [0.1, 0.15) is 12.0 Å². The van der Waals surface area contributed by atoms with Gasteiger partial charge in [0.15, 0.2) is 0 Å². The Hall–Kier alpha value is -1.46. The van der Waals surface area contributed by atoms with Crippen LogP contribution in [-0.2, 0) is 11.3 Å². The van der Waals surface area contributed by atoms with Gasteiger partial charge in [-0.05, 0) is 37.7 Å². The molecule has 0 aliphatic heterocycles. The lowest BCUT2D eigenvalue weighted by Crippen LogP contribution is -2.37. The van der Waals surface area contributed by atoms with Crippen molar-refractivity contribution in [1.29, 1.82) is 0 Å². The Bertz CT molecular complexity index is 355. The lowest BCUT2D eigenvalue weighted by Gasteiger charge is -2.21. The van der Waals surface area contributed by atoms with E-state index in [0.717, 1.165) is 25.1 Å². The summed E-state index contributed by atoms with van der Waals surface area (Å²) in [6.45, 7) is 2.51. The van der Waals surface area contributed by atoms with Crippen molar-refractivity contribution in [2.75, 3.05) is 33.7 Å². The van der Waals surface area contributed by atoms with Crippen LogP contribution in [0.3, 0.4) is 0 Å². The maximum absolute atomic E-state index is 11.9. The molecule has 100 valence electrons. The Morgan fingerprint density at radius 3 is 2.61 bits per heavy atom. The molecule has 0 aliphatic rings. The van der Waals surface area contributed by atoms with Crippen molar-refractivity contribution < 1.29 is 4.79 Å². The van der Waals surface area contributed by atoms with Gasteiger partial charge in [-0.25, -0.2) is 0 Å². The summed E-state index contributed by atoms with van der Waals surface area (Å²) >= 11 is 0. The molecule has 1 amide bonds. The second-order valence-corrected chi connectivity index (χ2v) is 4.49. The molecule has 0 unspecified atom stereocenters. The zero-order valence-corrected chi connectivity index (χ0v) is 11.2. The first-order valence-corrected chi connectivity index (χ1v) is 6.15. The molecular weight excluding hydrogens is 228 g/mol. The normalized spacial score (nSPS) is 10.7. The number of likely N-dealkylation sites (N-methyl/N-ethyl adjacent to an activating group) is 2. The molecule has 0 saturated carbocycles. The predicted octanol–water partition coefficient (Wildman–Crippen LogP) is 0.321. The zero-order chi connectivity index (χ0) is 13.4. The maximum atomic E-state index is 11.9. The number of aromatic nitrogens is 1. The average Bonchev–Trinajstić information content (AvgIpc) is 2.36. The summed E-state index contributed by atoms with van der Waals surface area (Å²) in [4.78, 5) is 19.6. The summed E-state index contributed by atoms with van der Waals surface area (Å²) in [6.07, 6.45) is 4.37. The molecule has 0 spiro atoms. The number of carbonyl (C=O) groups is 1. The lowest BCUT2D eigenvalue weighted by atomic mass is 10.2. The van der Waals surface area contributed by atoms with Gasteiger partial charge in [-0.15, -0.1) is 0 Å². The number of nitrogens with two attached hydrogens (primary N) is 1. The summed E-state index contributed by atoms with van der Waals surface area (Å²) in [5.41, 5.74) is 6.58. The van der Waals surface area contributed by atoms with Gasteiger partial charge in [0.2, 0.25) is 5.91 Å². The molecule has 0 aliphatic carbocycles. The SMILES string of the molecule is CN(CC(=O)N(C)CCCN)Cc1ccncc1. The molecule has 0 atom stereocenters. The largest absolute Gasteiger partial charge is 0.345 e. The Labute approximate surface area is 109 Å². The molecule has 1 heterocycles. The molecule has 5 nitrogen and oxygen atoms in total. The van der Waals surface area contributed by atoms with Gasteiger partial charge in [-0.1, -0.05) is 0 Å². The molecule has 0 aromatic carbocycles. The monoisotopic (exact) mass is 250 g/mol. The first-order valence-electron chi connectivity index (χ1n) is 6.15. The highest BCUT2D eigenvalue weighted by Crippen LogP contribution is 2.01. The third-order valence-electron chi connectivity index (χ3n) is 2.73. The minimum absolute atomic E-state index is 0.125. The van der Waals surface area contributed by atoms with Gasteiger partial charge < -0.3 is 10.6 Å². The molecule has 2 N–H and O–H groups in total. The number of carbonyl (C=O) groups excluding carboxylic acids is 1. The van der Waals surface area contributed by atoms with E-state index < -0.39 is 0 Å². The predicted molar refractivity (Wildman–Crippen MR) is 71.9 cm³/mol. The fraction of sp³-hybridized carbons (Fsp3) is 0.538. The Kier molecular flexibility index (Phi) is 6.32. The van der Waals surface area contributed by atoms with Gasteiger partial charge in [-0.3, -0.25) is 14.7 Å². The van der Waals surface area contributed by atoms with Crippen LogP contribution in [0.25, 0.3) is 0 Å². The molecule has 0 bridgehead atoms. The number of hydrogen-bond acceptors (Lipinski definition) is 4. The van der Waals surface area contributed by atoms with E-state index in [2.05, 4.69) is 4.98 Å². The number of nitrogens with zero attached hydrogens (tertiary/aromatic N) is 3. The standard InChI is InChI=1S/C13H22N4O/c1-16(10-12-4-7-15-8-5-12)11-13(18)17(2)9-3-6-14/h4-5,7-8H,3,6,9-11,14H2,1-2H3. The van der Waals surface area contributed by atoms with Crippen molar-refractivity contribution in [3.05, 3.63) is 30.1 Å². The van der Waals surface area contributed by atoms with Crippen LogP contribution < -0.4 is 5.73 Å². The molecule has 1 rings (SSSR count). The Morgan fingerprint density at radius 2 is 2.00 bits per heavy atom. The van der Waals surface area contributed by atoms with Gasteiger partial charge in [0, 0.05) is 32.5 Å². The first-order chi connectivity index (χ1) is 8.63. The molecule has 0 fully saturated rings. The van der Waals surface area contributed by atoms with E-state index in [0.29, 0.717) is 13.1 Å². The van der Waals surface area contributed by atoms with Crippen LogP contribution in [-0.4, -0.2) is 54.4 Å². The highest BCUT2D eigenvalue weighted by Gasteiger charge is 2.11. The van der Waals surface area contributed by atoms with Crippen molar-refractivity contribution >= 4 is 5.91 Å². The minimum atomic E-state index is 0.125. The van der Waals surface area contributed by atoms with Crippen LogP contribution in [0.4, 0.5) is 0 Å². The van der Waals surface area contributed by atoms with E-state index in [9.17, 15) is 4.79 Å². The number of amides is 1. The summed E-state index contributed by atoms with van der Waals surface area (Å²) in [5.74, 6) is 0.125. The zero-order valence-electron chi connectivity index (χ0n) is 11.2. The summed E-state index contributed by atoms with van der Waals surface area (Å²) in [6, 6.07) is 3.91. The molecular formula is C13H22N4O. The van der Waals surface area contributed by atoms with Crippen molar-refractivity contribution in [1.82, 2.24) is 14.8 Å². The molecule has 1 aromatic heterocycles. The maximum Gasteiger partial charge on any atom is 0.236 e. The van der Waals surface area contributed by atoms with E-state index in [-0.39, 0.29) is 5.91 Å². The van der Waals surface area contributed by atoms with Gasteiger partial charge in [0.1, 0.15) is 0 Å². The topological polar surface area (TPSA) is 62.5 Å². The number of hydrogen-bond donors (Lipinski definition) is 1. The third kappa shape index (κ3) is 5.25. The molecule has 5 heteroatoms. The second-order valence-electron chi connectivity index (χ2n) is 4.49. The fourth-order valence-electron chi connectivity index (χ4n) is 1.66. The van der Waals surface area contributed by atoms with Crippen molar-refractivity contribution in [2.45, 2.75) is 13.0 Å². The smallest absolute Gasteiger partial charge is 0.236 e. The van der Waals surface area contributed by atoms with E-state index in [1.165, 1.54) is 0 Å². The van der Waals surface area contributed by atoms with Crippen LogP contribution in [0.5, 0.6) is 0 Å². The van der Waals surface area contributed by atoms with E-state index >= 15 is 0 Å². The van der Waals surface area contributed by atoms with Gasteiger partial charge in [0.25, 0.3) is 0 Å². The molecule has 18 heavy (non-hydrogen) atoms. The third-order valence-corrected chi connectivity index (χ3v) is 2.73. The fourth-order valence-corrected chi connectivity index (χ4v) is 1.66. The van der Waals surface area contributed by atoms with Crippen molar-refractivity contribution in [2.24, 2.45) is 5.73 Å². The first kappa shape index (κ1) is 14.6. The van der Waals surface area contributed by atoms with Crippen LogP contribution in [0, 0.1) is 0 Å². The number of rotatable bonds is 7. The summed E-state index contributed by atoms with van der Waals surface area (Å²) in [7, 11) is 3.76. The van der Waals surface area contributed by atoms with E-state index in [4.69, 9.17) is 5.73 Å². The molecule has 1 aromatic rings.